The van der Waals surface area contributed by atoms with Crippen molar-refractivity contribution in [1.29, 1.82) is 0 Å². The van der Waals surface area contributed by atoms with Crippen LogP contribution in [0.15, 0.2) is 73.1 Å². The summed E-state index contributed by atoms with van der Waals surface area (Å²) in [6.45, 7) is 0. The third kappa shape index (κ3) is 6.04. The second-order valence-corrected chi connectivity index (χ2v) is 5.51. The molecule has 0 bridgehead atoms. The van der Waals surface area contributed by atoms with E-state index in [9.17, 15) is 17.6 Å². The maximum atomic E-state index is 13.2. The largest absolute Gasteiger partial charge is 0.305 e. The minimum Gasteiger partial charge on any atom is -0.305 e. The number of aromatic nitrogens is 2. The Kier molecular flexibility index (Phi) is 8.19. The molecule has 0 unspecified atom stereocenters. The van der Waals surface area contributed by atoms with Gasteiger partial charge in [-0.1, -0.05) is 47.5 Å². The summed E-state index contributed by atoms with van der Waals surface area (Å²) in [5, 5.41) is 0. The zero-order valence-corrected chi connectivity index (χ0v) is 17.1. The molecule has 0 aliphatic heterocycles. The van der Waals surface area contributed by atoms with Crippen molar-refractivity contribution in [3.05, 3.63) is 108 Å². The smallest absolute Gasteiger partial charge is 0.0408 e. The van der Waals surface area contributed by atoms with Crippen molar-refractivity contribution < 1.29 is 37.7 Å². The summed E-state index contributed by atoms with van der Waals surface area (Å²) in [6, 6.07) is 19.1. The van der Waals surface area contributed by atoms with Gasteiger partial charge in [-0.2, -0.15) is 0 Å². The van der Waals surface area contributed by atoms with Gasteiger partial charge in [-0.25, -0.2) is 0 Å². The summed E-state index contributed by atoms with van der Waals surface area (Å²) >= 11 is 0. The van der Waals surface area contributed by atoms with E-state index in [-0.39, 0.29) is 31.2 Å². The monoisotopic (exact) mass is 573 g/mol. The molecule has 0 spiro atoms. The molecule has 7 heteroatoms. The number of rotatable bonds is 2. The van der Waals surface area contributed by atoms with Gasteiger partial charge < -0.3 is 9.97 Å². The fourth-order valence-electron chi connectivity index (χ4n) is 2.30. The van der Waals surface area contributed by atoms with Gasteiger partial charge in [-0.15, -0.1) is 24.3 Å². The molecule has 0 aliphatic rings. The first-order chi connectivity index (χ1) is 13.5. The molecule has 0 saturated heterocycles. The van der Waals surface area contributed by atoms with Crippen LogP contribution in [0.5, 0.6) is 0 Å². The van der Waals surface area contributed by atoms with Crippen LogP contribution in [-0.2, 0) is 20.1 Å². The van der Waals surface area contributed by atoms with Gasteiger partial charge >= 0.3 is 0 Å². The quantitative estimate of drug-likeness (QED) is 0.229. The molecular weight excluding hydrogens is 560 g/mol. The molecule has 4 aromatic rings. The molecule has 0 saturated carbocycles. The molecule has 0 amide bonds. The predicted molar refractivity (Wildman–Crippen MR) is 96.8 cm³/mol. The van der Waals surface area contributed by atoms with Crippen LogP contribution in [0.25, 0.3) is 22.5 Å². The van der Waals surface area contributed by atoms with Gasteiger partial charge in [-0.3, -0.25) is 17.6 Å². The fourth-order valence-corrected chi connectivity index (χ4v) is 2.30. The van der Waals surface area contributed by atoms with E-state index in [0.29, 0.717) is 11.4 Å². The van der Waals surface area contributed by atoms with Crippen molar-refractivity contribution in [2.75, 3.05) is 0 Å². The first-order valence-corrected chi connectivity index (χ1v) is 8.11. The predicted octanol–water partition coefficient (Wildman–Crippen LogP) is 5.65. The van der Waals surface area contributed by atoms with Gasteiger partial charge in [0.15, 0.2) is 0 Å². The van der Waals surface area contributed by atoms with Gasteiger partial charge in [0.2, 0.25) is 0 Å². The van der Waals surface area contributed by atoms with Gasteiger partial charge in [0.1, 0.15) is 0 Å². The number of nitrogens with zero attached hydrogens (tertiary/aromatic N) is 2. The maximum absolute atomic E-state index is 13.2. The molecule has 0 atom stereocenters. The van der Waals surface area contributed by atoms with Crippen LogP contribution in [0.3, 0.4) is 0 Å². The molecule has 1 radical (unpaired) electrons. The minimum absolute atomic E-state index is 0. The van der Waals surface area contributed by atoms with Crippen LogP contribution in [0.4, 0.5) is 17.6 Å². The summed E-state index contributed by atoms with van der Waals surface area (Å²) in [5.74, 6) is -2.57. The Morgan fingerprint density at radius 2 is 1.03 bits per heavy atom. The minimum atomic E-state index is -0.649. The molecule has 2 nitrogen and oxygen atoms in total. The van der Waals surface area contributed by atoms with Gasteiger partial charge in [0.05, 0.1) is 0 Å². The molecular formula is C22H12F4IrN2-2. The second-order valence-electron chi connectivity index (χ2n) is 5.51. The SMILES string of the molecule is Fc1c[c-]c(-c2ccccn2)c(F)c1.Fc1c[c-]c(-c2ccccn2)c(F)c1.[Ir]. The first kappa shape index (κ1) is 22.4. The topological polar surface area (TPSA) is 25.8 Å². The third-order valence-electron chi connectivity index (χ3n) is 3.56. The second kappa shape index (κ2) is 10.6. The molecule has 29 heavy (non-hydrogen) atoms. The molecule has 2 aromatic carbocycles. The van der Waals surface area contributed by atoms with Gasteiger partial charge in [0, 0.05) is 55.8 Å². The third-order valence-corrected chi connectivity index (χ3v) is 3.56. The van der Waals surface area contributed by atoms with E-state index in [0.717, 1.165) is 24.3 Å². The Bertz CT molecular complexity index is 974. The maximum Gasteiger partial charge on any atom is 0.0408 e. The number of pyridine rings is 2. The van der Waals surface area contributed by atoms with E-state index in [1.807, 2.05) is 0 Å². The van der Waals surface area contributed by atoms with Crippen molar-refractivity contribution in [3.63, 3.8) is 0 Å². The summed E-state index contributed by atoms with van der Waals surface area (Å²) in [5.41, 5.74) is 1.27. The zero-order valence-electron chi connectivity index (χ0n) is 14.7. The average molecular weight is 573 g/mol. The molecule has 0 fully saturated rings. The van der Waals surface area contributed by atoms with E-state index in [1.54, 1.807) is 48.8 Å². The van der Waals surface area contributed by atoms with Crippen molar-refractivity contribution in [2.45, 2.75) is 0 Å². The van der Waals surface area contributed by atoms with E-state index < -0.39 is 23.3 Å². The Hall–Kier alpha value is -2.89. The van der Waals surface area contributed by atoms with Crippen molar-refractivity contribution in [3.8, 4) is 22.5 Å². The Balaban J connectivity index is 0.000000200. The van der Waals surface area contributed by atoms with Crippen molar-refractivity contribution >= 4 is 0 Å². The van der Waals surface area contributed by atoms with Crippen LogP contribution in [-0.4, -0.2) is 9.97 Å². The van der Waals surface area contributed by atoms with E-state index in [1.165, 1.54) is 0 Å². The average Bonchev–Trinajstić information content (AvgIpc) is 2.70. The Morgan fingerprint density at radius 1 is 0.621 bits per heavy atom. The van der Waals surface area contributed by atoms with E-state index in [2.05, 4.69) is 22.1 Å². The van der Waals surface area contributed by atoms with Crippen molar-refractivity contribution in [2.24, 2.45) is 0 Å². The van der Waals surface area contributed by atoms with Gasteiger partial charge in [-0.05, 0) is 23.5 Å². The molecule has 0 N–H and O–H groups in total. The summed E-state index contributed by atoms with van der Waals surface area (Å²) in [7, 11) is 0. The Morgan fingerprint density at radius 3 is 1.34 bits per heavy atom. The Labute approximate surface area is 178 Å². The van der Waals surface area contributed by atoms with Crippen LogP contribution in [0.2, 0.25) is 0 Å². The van der Waals surface area contributed by atoms with Gasteiger partial charge in [0.25, 0.3) is 0 Å². The number of hydrogen-bond donors (Lipinski definition) is 0. The number of hydrogen-bond acceptors (Lipinski definition) is 2. The zero-order chi connectivity index (χ0) is 19.9. The first-order valence-electron chi connectivity index (χ1n) is 8.11. The molecule has 149 valence electrons. The molecule has 4 rings (SSSR count). The number of benzene rings is 2. The van der Waals surface area contributed by atoms with Crippen LogP contribution >= 0.6 is 0 Å². The standard InChI is InChI=1S/2C11H6F2N.Ir/c2*12-8-4-5-9(10(13)7-8)11-3-1-2-6-14-11;/h2*1-4,6-7H;/q2*-1;. The van der Waals surface area contributed by atoms with E-state index in [4.69, 9.17) is 0 Å². The fraction of sp³-hybridized carbons (Fsp3) is 0. The van der Waals surface area contributed by atoms with Crippen LogP contribution in [0.1, 0.15) is 0 Å². The molecule has 0 aliphatic carbocycles. The normalized spacial score (nSPS) is 9.79. The van der Waals surface area contributed by atoms with Crippen molar-refractivity contribution in [1.82, 2.24) is 9.97 Å². The summed E-state index contributed by atoms with van der Waals surface area (Å²) in [4.78, 5) is 7.89. The van der Waals surface area contributed by atoms with Crippen LogP contribution < -0.4 is 0 Å². The van der Waals surface area contributed by atoms with Crippen LogP contribution in [0, 0.1) is 35.4 Å². The molecule has 2 aromatic heterocycles. The summed E-state index contributed by atoms with van der Waals surface area (Å²) in [6.07, 6.45) is 3.10. The van der Waals surface area contributed by atoms with E-state index >= 15 is 0 Å². The number of halogens is 4. The summed E-state index contributed by atoms with van der Waals surface area (Å²) < 4.78 is 51.6. The molecule has 2 heterocycles.